The second kappa shape index (κ2) is 11.1. The molecule has 0 bridgehead atoms. The van der Waals surface area contributed by atoms with Crippen LogP contribution in [0.5, 0.6) is 0 Å². The van der Waals surface area contributed by atoms with Gasteiger partial charge in [-0.3, -0.25) is 4.57 Å². The van der Waals surface area contributed by atoms with Crippen molar-refractivity contribution in [3.05, 3.63) is 91.9 Å². The highest BCUT2D eigenvalue weighted by Crippen LogP contribution is 2.60. The van der Waals surface area contributed by atoms with E-state index in [-0.39, 0.29) is 8.95 Å². The first kappa shape index (κ1) is 30.3. The van der Waals surface area contributed by atoms with Gasteiger partial charge in [0.15, 0.2) is 0 Å². The normalized spacial score (nSPS) is 13.1. The summed E-state index contributed by atoms with van der Waals surface area (Å²) in [5.41, 5.74) is -3.44. The van der Waals surface area contributed by atoms with Crippen LogP contribution in [0, 0.1) is 0 Å². The maximum atomic E-state index is 14.3. The quantitative estimate of drug-likeness (QED) is 0.165. The summed E-state index contributed by atoms with van der Waals surface area (Å²) in [6.07, 6.45) is 0. The minimum Gasteiger partial charge on any atom is -0.320 e. The van der Waals surface area contributed by atoms with Gasteiger partial charge in [-0.05, 0) is 40.5 Å². The van der Waals surface area contributed by atoms with Crippen molar-refractivity contribution >= 4 is 61.2 Å². The average molecular weight is 707 g/mol. The summed E-state index contributed by atoms with van der Waals surface area (Å²) < 4.78 is 90.1. The first-order valence-electron chi connectivity index (χ1n) is 10.0. The predicted octanol–water partition coefficient (Wildman–Crippen LogP) is 6.88. The van der Waals surface area contributed by atoms with E-state index in [4.69, 9.17) is 14.9 Å². The van der Waals surface area contributed by atoms with Gasteiger partial charge in [0, 0.05) is 26.0 Å². The van der Waals surface area contributed by atoms with Crippen molar-refractivity contribution < 1.29 is 40.3 Å². The Hall–Kier alpha value is -1.25. The van der Waals surface area contributed by atoms with Gasteiger partial charge >= 0.3 is 18.5 Å². The van der Waals surface area contributed by atoms with Gasteiger partial charge in [-0.25, -0.2) is 13.6 Å². The van der Waals surface area contributed by atoms with Crippen LogP contribution in [0.3, 0.4) is 0 Å². The van der Waals surface area contributed by atoms with Crippen molar-refractivity contribution in [2.24, 2.45) is 5.14 Å². The maximum absolute atomic E-state index is 14.3. The van der Waals surface area contributed by atoms with Gasteiger partial charge in [0.25, 0.3) is 10.0 Å². The van der Waals surface area contributed by atoms with Gasteiger partial charge in [-0.15, -0.1) is 0 Å². The molecule has 0 atom stereocenters. The minimum atomic E-state index is -5.68. The first-order valence-corrected chi connectivity index (χ1v) is 15.9. The van der Waals surface area contributed by atoms with Crippen LogP contribution >= 0.6 is 51.2 Å². The Morgan fingerprint density at radius 3 is 1.89 bits per heavy atom. The van der Waals surface area contributed by atoms with Crippen molar-refractivity contribution in [3.63, 3.8) is 0 Å². The van der Waals surface area contributed by atoms with E-state index in [2.05, 4.69) is 31.9 Å². The first-order chi connectivity index (χ1) is 16.9. The van der Waals surface area contributed by atoms with E-state index in [9.17, 15) is 30.5 Å². The maximum Gasteiger partial charge on any atom is 0.399 e. The number of thioether (sulfide) groups is 1. The summed E-state index contributed by atoms with van der Waals surface area (Å²) in [5.74, 6) is 0.939. The topological polar surface area (TPSA) is 118 Å². The van der Waals surface area contributed by atoms with Crippen molar-refractivity contribution in [2.75, 3.05) is 0 Å². The molecular formula is C22H18Br2F4NO5PS2. The van der Waals surface area contributed by atoms with E-state index in [1.807, 2.05) is 0 Å². The molecule has 0 saturated heterocycles. The second-order valence-electron chi connectivity index (χ2n) is 7.85. The summed E-state index contributed by atoms with van der Waals surface area (Å²) in [6.45, 7) is 0. The summed E-state index contributed by atoms with van der Waals surface area (Å²) >= 11 is 7.34. The van der Waals surface area contributed by atoms with Gasteiger partial charge in [-0.2, -0.15) is 29.3 Å². The number of hydrogen-bond acceptors (Lipinski definition) is 4. The lowest BCUT2D eigenvalue weighted by molar-refractivity contribution is 0.0557. The van der Waals surface area contributed by atoms with Crippen LogP contribution in [-0.4, -0.2) is 18.2 Å². The molecular weight excluding hydrogens is 689 g/mol. The highest BCUT2D eigenvalue weighted by molar-refractivity contribution is 9.10. The smallest absolute Gasteiger partial charge is 0.320 e. The van der Waals surface area contributed by atoms with E-state index in [0.29, 0.717) is 28.2 Å². The van der Waals surface area contributed by atoms with E-state index in [0.717, 1.165) is 17.7 Å². The summed E-state index contributed by atoms with van der Waals surface area (Å²) in [5, 5.41) is 0.414. The van der Waals surface area contributed by atoms with E-state index in [1.54, 1.807) is 30.3 Å². The van der Waals surface area contributed by atoms with Gasteiger partial charge in [0.05, 0.1) is 5.56 Å². The van der Waals surface area contributed by atoms with Crippen molar-refractivity contribution in [1.29, 1.82) is 0 Å². The number of rotatable bonds is 9. The third-order valence-corrected chi connectivity index (χ3v) is 9.52. The van der Waals surface area contributed by atoms with Crippen LogP contribution in [0.2, 0.25) is 0 Å². The molecule has 0 amide bonds. The molecule has 0 radical (unpaired) electrons. The molecule has 15 heteroatoms. The Labute approximate surface area is 231 Å². The number of alkyl halides is 4. The number of nitrogens with two attached hydrogens (primary N) is 1. The molecule has 0 saturated carbocycles. The average Bonchev–Trinajstić information content (AvgIpc) is 2.78. The van der Waals surface area contributed by atoms with Crippen LogP contribution in [0.15, 0.2) is 69.6 Å². The molecule has 3 aromatic rings. The third kappa shape index (κ3) is 6.67. The van der Waals surface area contributed by atoms with E-state index in [1.165, 1.54) is 30.0 Å². The molecule has 6 nitrogen and oxygen atoms in total. The lowest BCUT2D eigenvalue weighted by atomic mass is 10.0. The molecule has 200 valence electrons. The lowest BCUT2D eigenvalue weighted by Gasteiger charge is -2.19. The zero-order chi connectivity index (χ0) is 27.8. The fourth-order valence-electron chi connectivity index (χ4n) is 3.21. The molecule has 0 aliphatic heterocycles. The van der Waals surface area contributed by atoms with Crippen molar-refractivity contribution in [3.8, 4) is 11.1 Å². The molecule has 0 fully saturated rings. The predicted molar refractivity (Wildman–Crippen MR) is 142 cm³/mol. The van der Waals surface area contributed by atoms with Crippen LogP contribution < -0.4 is 5.14 Å². The SMILES string of the molecule is NS(=O)(=O)C(F)(F)c1cc(-c2ccc(CSCc3ccc(C(F)(F)P(=O)(O)O)c(Br)c3)cc2)ccc1Br. The largest absolute Gasteiger partial charge is 0.399 e. The van der Waals surface area contributed by atoms with Gasteiger partial charge in [0.1, 0.15) is 0 Å². The Bertz CT molecular complexity index is 1470. The second-order valence-corrected chi connectivity index (χ2v) is 13.8. The summed E-state index contributed by atoms with van der Waals surface area (Å²) in [7, 11) is -10.9. The molecule has 3 aromatic carbocycles. The lowest BCUT2D eigenvalue weighted by Crippen LogP contribution is -2.33. The van der Waals surface area contributed by atoms with Crippen LogP contribution in [0.1, 0.15) is 22.3 Å². The zero-order valence-corrected chi connectivity index (χ0v) is 24.1. The fraction of sp³-hybridized carbons (Fsp3) is 0.182. The van der Waals surface area contributed by atoms with Crippen LogP contribution in [0.25, 0.3) is 11.1 Å². The monoisotopic (exact) mass is 705 g/mol. The third-order valence-electron chi connectivity index (χ3n) is 5.19. The Morgan fingerprint density at radius 1 is 0.811 bits per heavy atom. The number of halogens is 6. The minimum absolute atomic E-state index is 0.103. The zero-order valence-electron chi connectivity index (χ0n) is 18.4. The van der Waals surface area contributed by atoms with Gasteiger partial charge in [-0.1, -0.05) is 74.3 Å². The van der Waals surface area contributed by atoms with E-state index < -0.39 is 39.7 Å². The number of benzene rings is 3. The number of sulfonamides is 1. The number of hydrogen-bond donors (Lipinski definition) is 3. The summed E-state index contributed by atoms with van der Waals surface area (Å²) in [6, 6.07) is 14.5. The van der Waals surface area contributed by atoms with Crippen molar-refractivity contribution in [2.45, 2.75) is 22.4 Å². The van der Waals surface area contributed by atoms with Gasteiger partial charge in [0.2, 0.25) is 0 Å². The Balaban J connectivity index is 1.69. The molecule has 3 rings (SSSR count). The van der Waals surface area contributed by atoms with Crippen LogP contribution in [-0.2, 0) is 37.0 Å². The van der Waals surface area contributed by atoms with Crippen molar-refractivity contribution in [1.82, 2.24) is 0 Å². The molecule has 0 aromatic heterocycles. The molecule has 0 spiro atoms. The molecule has 0 aliphatic carbocycles. The number of primary sulfonamides is 1. The highest BCUT2D eigenvalue weighted by Gasteiger charge is 2.51. The van der Waals surface area contributed by atoms with Gasteiger partial charge < -0.3 is 9.79 Å². The fourth-order valence-corrected chi connectivity index (χ4v) is 6.60. The Kier molecular flexibility index (Phi) is 9.08. The molecule has 4 N–H and O–H groups in total. The summed E-state index contributed by atoms with van der Waals surface area (Å²) in [4.78, 5) is 17.8. The Morgan fingerprint density at radius 2 is 1.35 bits per heavy atom. The highest BCUT2D eigenvalue weighted by atomic mass is 79.9. The molecule has 0 unspecified atom stereocenters. The molecule has 0 aliphatic rings. The standard InChI is InChI=1S/C22H18Br2F4NO5PS2/c23-19-8-6-16(10-18(19)22(27,28)37(29,33)34)15-4-1-13(2-5-15)11-36-12-14-3-7-17(20(24)9-14)21(25,26)35(30,31)32/h1-10H,11-12H2,(H2,29,33,34)(H2,30,31,32). The van der Waals surface area contributed by atoms with E-state index >= 15 is 0 Å². The molecule has 37 heavy (non-hydrogen) atoms. The van der Waals surface area contributed by atoms with Crippen LogP contribution in [0.4, 0.5) is 17.6 Å². The molecule has 0 heterocycles.